The van der Waals surface area contributed by atoms with Crippen LogP contribution in [0.2, 0.25) is 0 Å². The molecule has 1 aliphatic heterocycles. The first-order valence-corrected chi connectivity index (χ1v) is 4.89. The summed E-state index contributed by atoms with van der Waals surface area (Å²) in [5.41, 5.74) is 0.0363. The highest BCUT2D eigenvalue weighted by molar-refractivity contribution is 4.95. The van der Waals surface area contributed by atoms with Gasteiger partial charge in [0.15, 0.2) is 6.29 Å². The quantitative estimate of drug-likeness (QED) is 0.539. The second kappa shape index (κ2) is 3.81. The van der Waals surface area contributed by atoms with E-state index in [1.165, 1.54) is 0 Å². The summed E-state index contributed by atoms with van der Waals surface area (Å²) in [6, 6.07) is 0. The molecule has 0 saturated carbocycles. The van der Waals surface area contributed by atoms with Crippen molar-refractivity contribution in [2.24, 2.45) is 5.41 Å². The molecule has 0 bridgehead atoms. The Hall–Kier alpha value is -0.340. The standard InChI is InChI=1S/C11H20O2/c1-8-6-7-9(2)13-10(12-8)11(3,4)5/h6-10H,1-5H3/t8-,9-/m0/s1. The first kappa shape index (κ1) is 10.7. The fraction of sp³-hybridized carbons (Fsp3) is 0.818. The number of hydrogen-bond donors (Lipinski definition) is 0. The summed E-state index contributed by atoms with van der Waals surface area (Å²) < 4.78 is 11.5. The molecule has 0 aromatic rings. The zero-order valence-electron chi connectivity index (χ0n) is 9.20. The van der Waals surface area contributed by atoms with Crippen molar-refractivity contribution in [1.82, 2.24) is 0 Å². The summed E-state index contributed by atoms with van der Waals surface area (Å²) in [6.45, 7) is 10.5. The molecule has 0 spiro atoms. The maximum Gasteiger partial charge on any atom is 0.163 e. The highest BCUT2D eigenvalue weighted by Crippen LogP contribution is 2.27. The summed E-state index contributed by atoms with van der Waals surface area (Å²) in [4.78, 5) is 0. The van der Waals surface area contributed by atoms with Gasteiger partial charge in [0.1, 0.15) is 0 Å². The van der Waals surface area contributed by atoms with Gasteiger partial charge in [0.25, 0.3) is 0 Å². The van der Waals surface area contributed by atoms with Gasteiger partial charge in [-0.15, -0.1) is 0 Å². The molecule has 1 aliphatic rings. The molecule has 0 unspecified atom stereocenters. The predicted molar refractivity (Wildman–Crippen MR) is 53.5 cm³/mol. The van der Waals surface area contributed by atoms with Gasteiger partial charge in [0.2, 0.25) is 0 Å². The number of hydrogen-bond acceptors (Lipinski definition) is 2. The van der Waals surface area contributed by atoms with Gasteiger partial charge in [-0.05, 0) is 13.8 Å². The Morgan fingerprint density at radius 2 is 1.31 bits per heavy atom. The Morgan fingerprint density at radius 3 is 1.62 bits per heavy atom. The maximum atomic E-state index is 5.74. The third kappa shape index (κ3) is 3.12. The molecule has 0 fully saturated rings. The Balaban J connectivity index is 2.68. The van der Waals surface area contributed by atoms with Crippen LogP contribution in [0.4, 0.5) is 0 Å². The molecular formula is C11H20O2. The Bertz CT molecular complexity index is 177. The molecular weight excluding hydrogens is 164 g/mol. The molecule has 1 heterocycles. The summed E-state index contributed by atoms with van der Waals surface area (Å²) in [5.74, 6) is 0. The maximum absolute atomic E-state index is 5.74. The van der Waals surface area contributed by atoms with Crippen molar-refractivity contribution >= 4 is 0 Å². The van der Waals surface area contributed by atoms with Crippen molar-refractivity contribution in [3.8, 4) is 0 Å². The van der Waals surface area contributed by atoms with Gasteiger partial charge in [-0.2, -0.15) is 0 Å². The van der Waals surface area contributed by atoms with Crippen molar-refractivity contribution in [3.05, 3.63) is 12.2 Å². The van der Waals surface area contributed by atoms with E-state index in [0.717, 1.165) is 0 Å². The van der Waals surface area contributed by atoms with Crippen LogP contribution >= 0.6 is 0 Å². The van der Waals surface area contributed by atoms with E-state index < -0.39 is 0 Å². The fourth-order valence-electron chi connectivity index (χ4n) is 1.23. The molecule has 0 aromatic heterocycles. The lowest BCUT2D eigenvalue weighted by Gasteiger charge is -2.31. The van der Waals surface area contributed by atoms with E-state index in [1.807, 2.05) is 13.8 Å². The minimum absolute atomic E-state index is 0.0363. The zero-order valence-corrected chi connectivity index (χ0v) is 9.20. The van der Waals surface area contributed by atoms with E-state index in [2.05, 4.69) is 32.9 Å². The van der Waals surface area contributed by atoms with Gasteiger partial charge < -0.3 is 9.47 Å². The van der Waals surface area contributed by atoms with Crippen LogP contribution in [0.15, 0.2) is 12.2 Å². The van der Waals surface area contributed by atoms with Crippen LogP contribution < -0.4 is 0 Å². The van der Waals surface area contributed by atoms with Crippen LogP contribution in [0.1, 0.15) is 34.6 Å². The molecule has 0 N–H and O–H groups in total. The molecule has 0 aromatic carbocycles. The topological polar surface area (TPSA) is 18.5 Å². The minimum Gasteiger partial charge on any atom is -0.345 e. The summed E-state index contributed by atoms with van der Waals surface area (Å²) in [7, 11) is 0. The molecule has 0 amide bonds. The lowest BCUT2D eigenvalue weighted by Crippen LogP contribution is -2.35. The minimum atomic E-state index is -0.118. The molecule has 0 saturated heterocycles. The van der Waals surface area contributed by atoms with E-state index in [9.17, 15) is 0 Å². The van der Waals surface area contributed by atoms with Gasteiger partial charge in [-0.1, -0.05) is 32.9 Å². The van der Waals surface area contributed by atoms with Gasteiger partial charge in [-0.3, -0.25) is 0 Å². The van der Waals surface area contributed by atoms with Crippen molar-refractivity contribution in [2.75, 3.05) is 0 Å². The van der Waals surface area contributed by atoms with E-state index in [4.69, 9.17) is 9.47 Å². The van der Waals surface area contributed by atoms with E-state index in [1.54, 1.807) is 0 Å². The Kier molecular flexibility index (Phi) is 3.14. The third-order valence-electron chi connectivity index (χ3n) is 2.04. The Labute approximate surface area is 80.9 Å². The largest absolute Gasteiger partial charge is 0.345 e. The molecule has 2 heteroatoms. The summed E-state index contributed by atoms with van der Waals surface area (Å²) in [5, 5.41) is 0. The molecule has 0 aliphatic carbocycles. The fourth-order valence-corrected chi connectivity index (χ4v) is 1.23. The highest BCUT2D eigenvalue weighted by atomic mass is 16.7. The lowest BCUT2D eigenvalue weighted by molar-refractivity contribution is -0.211. The average molecular weight is 184 g/mol. The van der Waals surface area contributed by atoms with Gasteiger partial charge >= 0.3 is 0 Å². The van der Waals surface area contributed by atoms with Crippen molar-refractivity contribution < 1.29 is 9.47 Å². The average Bonchev–Trinajstić information content (AvgIpc) is 2.12. The molecule has 2 atom stereocenters. The lowest BCUT2D eigenvalue weighted by atomic mass is 9.96. The van der Waals surface area contributed by atoms with Crippen LogP contribution in [0.3, 0.4) is 0 Å². The molecule has 0 radical (unpaired) electrons. The Morgan fingerprint density at radius 1 is 0.923 bits per heavy atom. The molecule has 2 nitrogen and oxygen atoms in total. The second-order valence-electron chi connectivity index (χ2n) is 4.77. The number of rotatable bonds is 0. The summed E-state index contributed by atoms with van der Waals surface area (Å²) >= 11 is 0. The number of ether oxygens (including phenoxy) is 2. The normalized spacial score (nSPS) is 31.8. The molecule has 1 rings (SSSR count). The third-order valence-corrected chi connectivity index (χ3v) is 2.04. The van der Waals surface area contributed by atoms with E-state index >= 15 is 0 Å². The first-order valence-electron chi connectivity index (χ1n) is 4.89. The SMILES string of the molecule is C[C@H]1C=C[C@H](C)OC(C(C)(C)C)O1. The van der Waals surface area contributed by atoms with E-state index in [0.29, 0.717) is 0 Å². The summed E-state index contributed by atoms with van der Waals surface area (Å²) in [6.07, 6.45) is 4.28. The molecule has 76 valence electrons. The van der Waals surface area contributed by atoms with E-state index in [-0.39, 0.29) is 23.9 Å². The highest BCUT2D eigenvalue weighted by Gasteiger charge is 2.30. The molecule has 13 heavy (non-hydrogen) atoms. The van der Waals surface area contributed by atoms with Crippen LogP contribution in [-0.2, 0) is 9.47 Å². The van der Waals surface area contributed by atoms with Crippen LogP contribution in [0.5, 0.6) is 0 Å². The van der Waals surface area contributed by atoms with Crippen LogP contribution in [0.25, 0.3) is 0 Å². The smallest absolute Gasteiger partial charge is 0.163 e. The van der Waals surface area contributed by atoms with Crippen LogP contribution in [-0.4, -0.2) is 18.5 Å². The predicted octanol–water partition coefficient (Wildman–Crippen LogP) is 2.74. The van der Waals surface area contributed by atoms with Crippen molar-refractivity contribution in [2.45, 2.75) is 53.1 Å². The first-order chi connectivity index (χ1) is 5.89. The van der Waals surface area contributed by atoms with Gasteiger partial charge in [0, 0.05) is 5.41 Å². The van der Waals surface area contributed by atoms with Crippen LogP contribution in [0, 0.1) is 5.41 Å². The van der Waals surface area contributed by atoms with Gasteiger partial charge in [0.05, 0.1) is 12.2 Å². The van der Waals surface area contributed by atoms with Crippen molar-refractivity contribution in [3.63, 3.8) is 0 Å². The zero-order chi connectivity index (χ0) is 10.1. The van der Waals surface area contributed by atoms with Gasteiger partial charge in [-0.25, -0.2) is 0 Å². The second-order valence-corrected chi connectivity index (χ2v) is 4.77. The monoisotopic (exact) mass is 184 g/mol. The van der Waals surface area contributed by atoms with Crippen molar-refractivity contribution in [1.29, 1.82) is 0 Å².